The summed E-state index contributed by atoms with van der Waals surface area (Å²) < 4.78 is 26.9. The second kappa shape index (κ2) is 11.0. The van der Waals surface area contributed by atoms with E-state index in [1.807, 2.05) is 48.5 Å². The Morgan fingerprint density at radius 3 is 2.18 bits per heavy atom. The van der Waals surface area contributed by atoms with Crippen molar-refractivity contribution in [3.63, 3.8) is 0 Å². The Balaban J connectivity index is 1.35. The molecule has 1 N–H and O–H groups in total. The van der Waals surface area contributed by atoms with E-state index in [0.29, 0.717) is 25.9 Å². The summed E-state index contributed by atoms with van der Waals surface area (Å²) in [5.74, 6) is -0.208. The number of hydrogen-bond donors (Lipinski definition) is 1. The highest BCUT2D eigenvalue weighted by Gasteiger charge is 2.30. The number of piperidine rings is 1. The lowest BCUT2D eigenvalue weighted by atomic mass is 9.97. The Hall–Kier alpha value is -2.64. The monoisotopic (exact) mass is 467 g/mol. The van der Waals surface area contributed by atoms with E-state index < -0.39 is 10.0 Å². The highest BCUT2D eigenvalue weighted by atomic mass is 32.2. The van der Waals surface area contributed by atoms with Gasteiger partial charge in [-0.15, -0.1) is 0 Å². The van der Waals surface area contributed by atoms with E-state index in [-0.39, 0.29) is 11.8 Å². The number of hydrogen-bond acceptors (Lipinski definition) is 4. The molecule has 0 bridgehead atoms. The fourth-order valence-electron chi connectivity index (χ4n) is 4.59. The Kier molecular flexibility index (Phi) is 7.83. The quantitative estimate of drug-likeness (QED) is 0.668. The first kappa shape index (κ1) is 23.5. The molecule has 2 saturated heterocycles. The Morgan fingerprint density at radius 1 is 0.848 bits per heavy atom. The number of para-hydroxylation sites is 2. The molecule has 0 radical (unpaired) electrons. The van der Waals surface area contributed by atoms with Crippen molar-refractivity contribution in [2.24, 2.45) is 5.92 Å². The average Bonchev–Trinajstić information content (AvgIpc) is 3.13. The van der Waals surface area contributed by atoms with Crippen LogP contribution in [0.5, 0.6) is 0 Å². The van der Waals surface area contributed by atoms with Crippen molar-refractivity contribution in [2.75, 3.05) is 36.4 Å². The van der Waals surface area contributed by atoms with E-state index in [0.717, 1.165) is 30.0 Å². The van der Waals surface area contributed by atoms with E-state index in [1.54, 1.807) is 6.08 Å². The van der Waals surface area contributed by atoms with Gasteiger partial charge in [-0.2, -0.15) is 4.31 Å². The zero-order valence-corrected chi connectivity index (χ0v) is 19.8. The minimum Gasteiger partial charge on any atom is -0.370 e. The van der Waals surface area contributed by atoms with Crippen LogP contribution in [0.25, 0.3) is 6.08 Å². The van der Waals surface area contributed by atoms with E-state index >= 15 is 0 Å². The van der Waals surface area contributed by atoms with Crippen LogP contribution in [0.1, 0.15) is 44.1 Å². The Morgan fingerprint density at radius 2 is 1.48 bits per heavy atom. The molecular weight excluding hydrogens is 434 g/mol. The molecule has 1 amide bonds. The summed E-state index contributed by atoms with van der Waals surface area (Å²) in [7, 11) is -3.50. The molecule has 0 spiro atoms. The lowest BCUT2D eigenvalue weighted by molar-refractivity contribution is -0.120. The Bertz CT molecular complexity index is 1050. The summed E-state index contributed by atoms with van der Waals surface area (Å²) in [5.41, 5.74) is 2.78. The number of benzene rings is 2. The van der Waals surface area contributed by atoms with Gasteiger partial charge in [0.25, 0.3) is 0 Å². The van der Waals surface area contributed by atoms with Crippen LogP contribution >= 0.6 is 0 Å². The lowest BCUT2D eigenvalue weighted by Gasteiger charge is -2.30. The zero-order valence-electron chi connectivity index (χ0n) is 19.0. The van der Waals surface area contributed by atoms with Crippen molar-refractivity contribution in [3.8, 4) is 0 Å². The summed E-state index contributed by atoms with van der Waals surface area (Å²) in [6.45, 7) is 2.74. The highest BCUT2D eigenvalue weighted by molar-refractivity contribution is 7.92. The smallest absolute Gasteiger partial charge is 0.236 e. The molecular formula is C26H33N3O3S. The largest absolute Gasteiger partial charge is 0.370 e. The average molecular weight is 468 g/mol. The van der Waals surface area contributed by atoms with Gasteiger partial charge in [0.1, 0.15) is 0 Å². The first-order valence-corrected chi connectivity index (χ1v) is 13.4. The van der Waals surface area contributed by atoms with Gasteiger partial charge in [0.15, 0.2) is 0 Å². The molecule has 2 heterocycles. The molecule has 2 aromatic carbocycles. The van der Waals surface area contributed by atoms with Crippen molar-refractivity contribution >= 4 is 33.4 Å². The maximum atomic E-state index is 13.0. The summed E-state index contributed by atoms with van der Waals surface area (Å²) >= 11 is 0. The maximum Gasteiger partial charge on any atom is 0.236 e. The third-order valence-corrected chi connectivity index (χ3v) is 8.09. The molecule has 0 unspecified atom stereocenters. The third-order valence-electron chi connectivity index (χ3n) is 6.53. The van der Waals surface area contributed by atoms with Gasteiger partial charge in [0.2, 0.25) is 15.9 Å². The van der Waals surface area contributed by atoms with Crippen LogP contribution in [0.4, 0.5) is 11.4 Å². The number of amides is 1. The number of sulfonamides is 1. The van der Waals surface area contributed by atoms with Crippen molar-refractivity contribution in [3.05, 3.63) is 65.6 Å². The first-order chi connectivity index (χ1) is 16.0. The fourth-order valence-corrected chi connectivity index (χ4v) is 5.81. The molecule has 176 valence electrons. The second-order valence-corrected chi connectivity index (χ2v) is 10.7. The molecule has 0 aliphatic carbocycles. The van der Waals surface area contributed by atoms with Crippen LogP contribution in [0.2, 0.25) is 0 Å². The lowest BCUT2D eigenvalue weighted by Crippen LogP contribution is -2.40. The van der Waals surface area contributed by atoms with Gasteiger partial charge < -0.3 is 10.2 Å². The topological polar surface area (TPSA) is 69.7 Å². The number of nitrogens with zero attached hydrogens (tertiary/aromatic N) is 2. The molecule has 0 aromatic heterocycles. The molecule has 2 aliphatic rings. The molecule has 33 heavy (non-hydrogen) atoms. The summed E-state index contributed by atoms with van der Waals surface area (Å²) in [4.78, 5) is 15.4. The summed E-state index contributed by atoms with van der Waals surface area (Å²) in [6, 6.07) is 17.4. The fraction of sp³-hybridized carbons (Fsp3) is 0.423. The zero-order chi connectivity index (χ0) is 23.1. The molecule has 2 aromatic rings. The minimum atomic E-state index is -3.50. The highest BCUT2D eigenvalue weighted by Crippen LogP contribution is 2.29. The number of anilines is 2. The van der Waals surface area contributed by atoms with Crippen molar-refractivity contribution in [1.82, 2.24) is 4.31 Å². The van der Waals surface area contributed by atoms with Gasteiger partial charge in [-0.3, -0.25) is 4.79 Å². The molecule has 0 atom stereocenters. The SMILES string of the molecule is O=C(Nc1ccccc1N1CCCCCC1)C1CCN(S(=O)(=O)/C=C/c2ccccc2)CC1. The molecule has 0 saturated carbocycles. The number of rotatable bonds is 6. The standard InChI is InChI=1S/C26H33N3O3S/c30-26(27-24-12-6-7-13-25(24)28-17-8-1-2-9-18-28)23-14-19-29(20-15-23)33(31,32)21-16-22-10-4-3-5-11-22/h3-7,10-13,16,21,23H,1-2,8-9,14-15,17-20H2,(H,27,30)/b21-16+. The summed E-state index contributed by atoms with van der Waals surface area (Å²) in [6.07, 6.45) is 7.53. The van der Waals surface area contributed by atoms with Crippen molar-refractivity contribution < 1.29 is 13.2 Å². The van der Waals surface area contributed by atoms with Crippen LogP contribution < -0.4 is 10.2 Å². The van der Waals surface area contributed by atoms with Gasteiger partial charge in [-0.05, 0) is 49.5 Å². The molecule has 4 rings (SSSR count). The number of nitrogens with one attached hydrogen (secondary N) is 1. The molecule has 2 fully saturated rings. The minimum absolute atomic E-state index is 0.0193. The van der Waals surface area contributed by atoms with Crippen LogP contribution in [-0.2, 0) is 14.8 Å². The third kappa shape index (κ3) is 6.24. The number of carbonyl (C=O) groups is 1. The van der Waals surface area contributed by atoms with E-state index in [1.165, 1.54) is 35.4 Å². The predicted octanol–water partition coefficient (Wildman–Crippen LogP) is 4.72. The van der Waals surface area contributed by atoms with Gasteiger partial charge in [0, 0.05) is 37.5 Å². The van der Waals surface area contributed by atoms with Gasteiger partial charge in [0.05, 0.1) is 11.4 Å². The normalized spacial score (nSPS) is 18.8. The van der Waals surface area contributed by atoms with Crippen molar-refractivity contribution in [1.29, 1.82) is 0 Å². The van der Waals surface area contributed by atoms with E-state index in [2.05, 4.69) is 16.3 Å². The Labute approximate surface area is 197 Å². The van der Waals surface area contributed by atoms with Crippen molar-refractivity contribution in [2.45, 2.75) is 38.5 Å². The van der Waals surface area contributed by atoms with Gasteiger partial charge in [-0.1, -0.05) is 55.3 Å². The first-order valence-electron chi connectivity index (χ1n) is 11.9. The number of carbonyl (C=O) groups excluding carboxylic acids is 1. The predicted molar refractivity (Wildman–Crippen MR) is 134 cm³/mol. The maximum absolute atomic E-state index is 13.0. The van der Waals surface area contributed by atoms with Gasteiger partial charge in [-0.25, -0.2) is 8.42 Å². The molecule has 2 aliphatic heterocycles. The molecule has 7 heteroatoms. The second-order valence-electron chi connectivity index (χ2n) is 8.84. The molecule has 6 nitrogen and oxygen atoms in total. The van der Waals surface area contributed by atoms with Crippen LogP contribution in [0.3, 0.4) is 0 Å². The van der Waals surface area contributed by atoms with Crippen LogP contribution in [-0.4, -0.2) is 44.8 Å². The van der Waals surface area contributed by atoms with Crippen LogP contribution in [0.15, 0.2) is 60.0 Å². The summed E-state index contributed by atoms with van der Waals surface area (Å²) in [5, 5.41) is 4.40. The van der Waals surface area contributed by atoms with E-state index in [4.69, 9.17) is 0 Å². The van der Waals surface area contributed by atoms with Gasteiger partial charge >= 0.3 is 0 Å². The van der Waals surface area contributed by atoms with Crippen LogP contribution in [0, 0.1) is 5.92 Å². The van der Waals surface area contributed by atoms with E-state index in [9.17, 15) is 13.2 Å².